The van der Waals surface area contributed by atoms with Crippen molar-refractivity contribution >= 4 is 29.2 Å². The maximum Gasteiger partial charge on any atom is 0.342 e. The molecule has 1 fully saturated rings. The van der Waals surface area contributed by atoms with Gasteiger partial charge in [0.1, 0.15) is 11.3 Å². The first kappa shape index (κ1) is 20.8. The summed E-state index contributed by atoms with van der Waals surface area (Å²) in [4.78, 5) is 47.1. The number of hydrogen-bond donors (Lipinski definition) is 2. The molecule has 3 rings (SSSR count). The SMILES string of the molecule is COc1ccc([N+](=O)[O-])cc1C(=O)OCC(=O)Nc1ccccc1C(=O)NC1CC1. The zero-order valence-corrected chi connectivity index (χ0v) is 16.0. The molecule has 0 aromatic heterocycles. The lowest BCUT2D eigenvalue weighted by Crippen LogP contribution is -2.28. The Morgan fingerprint density at radius 1 is 1.13 bits per heavy atom. The quantitative estimate of drug-likeness (QED) is 0.385. The van der Waals surface area contributed by atoms with Gasteiger partial charge >= 0.3 is 5.97 Å². The zero-order chi connectivity index (χ0) is 21.7. The molecule has 10 heteroatoms. The van der Waals surface area contributed by atoms with E-state index in [4.69, 9.17) is 9.47 Å². The molecule has 0 radical (unpaired) electrons. The van der Waals surface area contributed by atoms with E-state index < -0.39 is 23.4 Å². The Labute approximate surface area is 171 Å². The summed E-state index contributed by atoms with van der Waals surface area (Å²) in [6.07, 6.45) is 1.86. The van der Waals surface area contributed by atoms with Crippen molar-refractivity contribution in [1.29, 1.82) is 0 Å². The number of para-hydroxylation sites is 1. The van der Waals surface area contributed by atoms with Crippen LogP contribution in [0.2, 0.25) is 0 Å². The Hall–Kier alpha value is -3.95. The number of rotatable bonds is 8. The minimum atomic E-state index is -0.953. The van der Waals surface area contributed by atoms with Crippen LogP contribution in [-0.4, -0.2) is 42.5 Å². The molecule has 156 valence electrons. The van der Waals surface area contributed by atoms with Gasteiger partial charge in [-0.15, -0.1) is 0 Å². The molecule has 0 bridgehead atoms. The molecule has 2 N–H and O–H groups in total. The molecule has 0 heterocycles. The lowest BCUT2D eigenvalue weighted by Gasteiger charge is -2.12. The number of anilines is 1. The number of benzene rings is 2. The molecule has 0 unspecified atom stereocenters. The predicted molar refractivity (Wildman–Crippen MR) is 105 cm³/mol. The third kappa shape index (κ3) is 5.10. The average molecular weight is 413 g/mol. The standard InChI is InChI=1S/C20H19N3O7/c1-29-17-9-8-13(23(27)28)10-15(17)20(26)30-11-18(24)22-16-5-3-2-4-14(16)19(25)21-12-6-7-12/h2-5,8-10,12H,6-7,11H2,1H3,(H,21,25)(H,22,24). The maximum atomic E-state index is 12.3. The molecule has 0 aliphatic heterocycles. The number of hydrogen-bond acceptors (Lipinski definition) is 7. The number of nitro benzene ring substituents is 1. The van der Waals surface area contributed by atoms with E-state index in [1.165, 1.54) is 19.2 Å². The van der Waals surface area contributed by atoms with Crippen molar-refractivity contribution < 1.29 is 28.8 Å². The third-order valence-corrected chi connectivity index (χ3v) is 4.31. The number of esters is 1. The Kier molecular flexibility index (Phi) is 6.26. The van der Waals surface area contributed by atoms with Crippen molar-refractivity contribution in [1.82, 2.24) is 5.32 Å². The number of nitro groups is 1. The number of nitrogens with zero attached hydrogens (tertiary/aromatic N) is 1. The highest BCUT2D eigenvalue weighted by molar-refractivity contribution is 6.04. The van der Waals surface area contributed by atoms with Crippen LogP contribution in [0, 0.1) is 10.1 Å². The number of carbonyl (C=O) groups excluding carboxylic acids is 3. The number of amides is 2. The van der Waals surface area contributed by atoms with Gasteiger partial charge < -0.3 is 20.1 Å². The first-order chi connectivity index (χ1) is 14.4. The van der Waals surface area contributed by atoms with Crippen molar-refractivity contribution in [2.24, 2.45) is 0 Å². The fourth-order valence-electron chi connectivity index (χ4n) is 2.65. The van der Waals surface area contributed by atoms with E-state index in [9.17, 15) is 24.5 Å². The van der Waals surface area contributed by atoms with Crippen LogP contribution in [0.15, 0.2) is 42.5 Å². The Balaban J connectivity index is 1.64. The number of non-ortho nitro benzene ring substituents is 1. The summed E-state index contributed by atoms with van der Waals surface area (Å²) < 4.78 is 9.97. The zero-order valence-electron chi connectivity index (χ0n) is 16.0. The normalized spacial score (nSPS) is 12.6. The van der Waals surface area contributed by atoms with E-state index in [2.05, 4.69) is 10.6 Å². The molecule has 0 saturated heterocycles. The largest absolute Gasteiger partial charge is 0.496 e. The van der Waals surface area contributed by atoms with Crippen LogP contribution in [0.5, 0.6) is 5.75 Å². The van der Waals surface area contributed by atoms with Gasteiger partial charge in [-0.2, -0.15) is 0 Å². The summed E-state index contributed by atoms with van der Waals surface area (Å²) in [5, 5.41) is 16.3. The fourth-order valence-corrected chi connectivity index (χ4v) is 2.65. The van der Waals surface area contributed by atoms with Crippen molar-refractivity contribution in [3.8, 4) is 5.75 Å². The second-order valence-electron chi connectivity index (χ2n) is 6.56. The van der Waals surface area contributed by atoms with Gasteiger partial charge in [-0.3, -0.25) is 19.7 Å². The van der Waals surface area contributed by atoms with E-state index in [0.717, 1.165) is 18.9 Å². The number of carbonyl (C=O) groups is 3. The highest BCUT2D eigenvalue weighted by Gasteiger charge is 2.25. The number of nitrogens with one attached hydrogen (secondary N) is 2. The molecule has 2 aromatic carbocycles. The summed E-state index contributed by atoms with van der Waals surface area (Å²) >= 11 is 0. The number of methoxy groups -OCH3 is 1. The molecule has 0 atom stereocenters. The lowest BCUT2D eigenvalue weighted by molar-refractivity contribution is -0.384. The highest BCUT2D eigenvalue weighted by atomic mass is 16.6. The minimum absolute atomic E-state index is 0.0769. The van der Waals surface area contributed by atoms with Gasteiger partial charge in [0, 0.05) is 18.2 Å². The van der Waals surface area contributed by atoms with Crippen molar-refractivity contribution in [2.45, 2.75) is 18.9 Å². The topological polar surface area (TPSA) is 137 Å². The van der Waals surface area contributed by atoms with Crippen molar-refractivity contribution in [2.75, 3.05) is 19.0 Å². The predicted octanol–water partition coefficient (Wildman–Crippen LogP) is 2.29. The lowest BCUT2D eigenvalue weighted by atomic mass is 10.1. The highest BCUT2D eigenvalue weighted by Crippen LogP contribution is 2.25. The van der Waals surface area contributed by atoms with E-state index in [1.54, 1.807) is 24.3 Å². The van der Waals surface area contributed by atoms with E-state index in [0.29, 0.717) is 5.56 Å². The van der Waals surface area contributed by atoms with Gasteiger partial charge in [0.2, 0.25) is 0 Å². The molecule has 30 heavy (non-hydrogen) atoms. The monoisotopic (exact) mass is 413 g/mol. The molecule has 2 aromatic rings. The van der Waals surface area contributed by atoms with Crippen LogP contribution in [0.25, 0.3) is 0 Å². The Morgan fingerprint density at radius 3 is 2.53 bits per heavy atom. The van der Waals surface area contributed by atoms with E-state index in [1.807, 2.05) is 0 Å². The molecule has 1 aliphatic carbocycles. The van der Waals surface area contributed by atoms with Gasteiger partial charge in [-0.25, -0.2) is 4.79 Å². The van der Waals surface area contributed by atoms with Crippen LogP contribution in [0.3, 0.4) is 0 Å². The van der Waals surface area contributed by atoms with Crippen LogP contribution in [-0.2, 0) is 9.53 Å². The van der Waals surface area contributed by atoms with Gasteiger partial charge in [0.05, 0.1) is 23.3 Å². The molecule has 2 amide bonds. The summed E-state index contributed by atoms with van der Waals surface area (Å²) in [5.74, 6) is -1.84. The summed E-state index contributed by atoms with van der Waals surface area (Å²) in [7, 11) is 1.30. The number of ether oxygens (including phenoxy) is 2. The summed E-state index contributed by atoms with van der Waals surface area (Å²) in [5.41, 5.74) is 0.0839. The summed E-state index contributed by atoms with van der Waals surface area (Å²) in [6.45, 7) is -0.650. The van der Waals surface area contributed by atoms with E-state index >= 15 is 0 Å². The van der Waals surface area contributed by atoms with Crippen LogP contribution in [0.4, 0.5) is 11.4 Å². The first-order valence-corrected chi connectivity index (χ1v) is 9.08. The van der Waals surface area contributed by atoms with Crippen molar-refractivity contribution in [3.63, 3.8) is 0 Å². The van der Waals surface area contributed by atoms with E-state index in [-0.39, 0.29) is 34.6 Å². The molecule has 0 spiro atoms. The van der Waals surface area contributed by atoms with Crippen LogP contribution in [0.1, 0.15) is 33.6 Å². The molecule has 1 aliphatic rings. The second-order valence-corrected chi connectivity index (χ2v) is 6.56. The molecular formula is C20H19N3O7. The maximum absolute atomic E-state index is 12.3. The first-order valence-electron chi connectivity index (χ1n) is 9.08. The minimum Gasteiger partial charge on any atom is -0.496 e. The molecular weight excluding hydrogens is 394 g/mol. The van der Waals surface area contributed by atoms with Gasteiger partial charge in [0.15, 0.2) is 6.61 Å². The van der Waals surface area contributed by atoms with Crippen LogP contribution < -0.4 is 15.4 Å². The summed E-state index contributed by atoms with van der Waals surface area (Å²) in [6, 6.07) is 10.1. The third-order valence-electron chi connectivity index (χ3n) is 4.31. The van der Waals surface area contributed by atoms with Crippen LogP contribution >= 0.6 is 0 Å². The van der Waals surface area contributed by atoms with Gasteiger partial charge in [0.25, 0.3) is 17.5 Å². The van der Waals surface area contributed by atoms with Crippen molar-refractivity contribution in [3.05, 3.63) is 63.7 Å². The second kappa shape index (κ2) is 9.03. The average Bonchev–Trinajstić information content (AvgIpc) is 3.55. The Bertz CT molecular complexity index is 1000. The fraction of sp³-hybridized carbons (Fsp3) is 0.250. The Morgan fingerprint density at radius 2 is 1.87 bits per heavy atom. The smallest absolute Gasteiger partial charge is 0.342 e. The molecule has 1 saturated carbocycles. The molecule has 10 nitrogen and oxygen atoms in total. The van der Waals surface area contributed by atoms with Gasteiger partial charge in [-0.1, -0.05) is 12.1 Å². The van der Waals surface area contributed by atoms with Gasteiger partial charge in [-0.05, 0) is 31.0 Å².